The Labute approximate surface area is 178 Å². The highest BCUT2D eigenvalue weighted by Crippen LogP contribution is 2.37. The quantitative estimate of drug-likeness (QED) is 0.575. The lowest BCUT2D eigenvalue weighted by molar-refractivity contribution is 0.398. The van der Waals surface area contributed by atoms with E-state index in [-0.39, 0.29) is 11.9 Å². The molecule has 0 saturated heterocycles. The molecule has 0 aliphatic carbocycles. The van der Waals surface area contributed by atoms with Crippen LogP contribution >= 0.6 is 23.8 Å². The summed E-state index contributed by atoms with van der Waals surface area (Å²) in [5.41, 5.74) is 3.36. The largest absolute Gasteiger partial charge is 0.351 e. The Balaban J connectivity index is 1.81. The molecule has 8 heteroatoms. The van der Waals surface area contributed by atoms with Gasteiger partial charge in [0.2, 0.25) is 5.82 Å². The van der Waals surface area contributed by atoms with Gasteiger partial charge in [-0.25, -0.2) is 4.39 Å². The van der Waals surface area contributed by atoms with E-state index < -0.39 is 0 Å². The van der Waals surface area contributed by atoms with Crippen LogP contribution in [0, 0.1) is 5.82 Å². The zero-order valence-corrected chi connectivity index (χ0v) is 17.4. The fourth-order valence-corrected chi connectivity index (χ4v) is 4.01. The van der Waals surface area contributed by atoms with Gasteiger partial charge >= 0.3 is 0 Å². The van der Waals surface area contributed by atoms with Gasteiger partial charge in [0.1, 0.15) is 5.82 Å². The minimum Gasteiger partial charge on any atom is -0.351 e. The normalized spacial score (nSPS) is 16.9. The first-order chi connectivity index (χ1) is 14.0. The van der Waals surface area contributed by atoms with E-state index in [1.165, 1.54) is 12.1 Å². The van der Waals surface area contributed by atoms with Gasteiger partial charge in [-0.2, -0.15) is 4.98 Å². The maximum atomic E-state index is 13.2. The molecule has 2 heterocycles. The van der Waals surface area contributed by atoms with Crippen LogP contribution in [-0.4, -0.2) is 26.7 Å². The molecule has 0 radical (unpaired) electrons. The van der Waals surface area contributed by atoms with Crippen molar-refractivity contribution in [2.45, 2.75) is 19.9 Å². The maximum absolute atomic E-state index is 13.2. The fraction of sp³-hybridized carbons (Fsp3) is 0.190. The third kappa shape index (κ3) is 3.75. The molecule has 3 aromatic rings. The number of aromatic nitrogens is 2. The first-order valence-electron chi connectivity index (χ1n) is 9.12. The molecule has 1 atom stereocenters. The van der Waals surface area contributed by atoms with Gasteiger partial charge in [-0.05, 0) is 68.0 Å². The van der Waals surface area contributed by atoms with Crippen LogP contribution in [0.15, 0.2) is 58.8 Å². The molecule has 1 unspecified atom stereocenters. The lowest BCUT2D eigenvalue weighted by Crippen LogP contribution is -2.45. The third-order valence-electron chi connectivity index (χ3n) is 4.85. The van der Waals surface area contributed by atoms with E-state index in [1.54, 1.807) is 12.1 Å². The first-order valence-corrected chi connectivity index (χ1v) is 9.91. The van der Waals surface area contributed by atoms with E-state index in [1.807, 2.05) is 43.0 Å². The van der Waals surface area contributed by atoms with Crippen molar-refractivity contribution in [2.24, 2.45) is 0 Å². The van der Waals surface area contributed by atoms with Crippen LogP contribution in [0.4, 0.5) is 4.39 Å². The van der Waals surface area contributed by atoms with Gasteiger partial charge in [0.05, 0.1) is 11.6 Å². The second-order valence-corrected chi connectivity index (χ2v) is 7.43. The molecule has 4 rings (SSSR count). The number of benzene rings is 2. The molecule has 29 heavy (non-hydrogen) atoms. The summed E-state index contributed by atoms with van der Waals surface area (Å²) < 4.78 is 18.8. The van der Waals surface area contributed by atoms with Gasteiger partial charge < -0.3 is 14.7 Å². The van der Waals surface area contributed by atoms with Crippen molar-refractivity contribution in [2.75, 3.05) is 6.54 Å². The molecular formula is C21H18ClFN4OS. The lowest BCUT2D eigenvalue weighted by Gasteiger charge is -2.36. The van der Waals surface area contributed by atoms with Gasteiger partial charge in [0.25, 0.3) is 5.89 Å². The first kappa shape index (κ1) is 19.5. The van der Waals surface area contributed by atoms with Gasteiger partial charge in [-0.15, -0.1) is 0 Å². The molecule has 2 aromatic carbocycles. The predicted molar refractivity (Wildman–Crippen MR) is 115 cm³/mol. The van der Waals surface area contributed by atoms with Crippen LogP contribution in [0.3, 0.4) is 0 Å². The van der Waals surface area contributed by atoms with E-state index in [9.17, 15) is 4.39 Å². The molecule has 1 aliphatic heterocycles. The van der Waals surface area contributed by atoms with E-state index in [4.69, 9.17) is 28.3 Å². The minimum absolute atomic E-state index is 0.287. The summed E-state index contributed by atoms with van der Waals surface area (Å²) in [5, 5.41) is 8.70. The van der Waals surface area contributed by atoms with E-state index in [2.05, 4.69) is 15.5 Å². The monoisotopic (exact) mass is 428 g/mol. The number of hydrogen-bond acceptors (Lipinski definition) is 4. The van der Waals surface area contributed by atoms with Crippen molar-refractivity contribution in [3.05, 3.63) is 76.5 Å². The summed E-state index contributed by atoms with van der Waals surface area (Å²) >= 11 is 11.8. The van der Waals surface area contributed by atoms with E-state index in [0.29, 0.717) is 34.0 Å². The average Bonchev–Trinajstić information content (AvgIpc) is 3.18. The van der Waals surface area contributed by atoms with Crippen molar-refractivity contribution in [3.8, 4) is 11.4 Å². The van der Waals surface area contributed by atoms with Gasteiger partial charge in [0.15, 0.2) is 5.11 Å². The number of nitrogens with zero attached hydrogens (tertiary/aromatic N) is 3. The molecule has 0 spiro atoms. The molecule has 1 N–H and O–H groups in total. The van der Waals surface area contributed by atoms with Crippen molar-refractivity contribution in [3.63, 3.8) is 0 Å². The summed E-state index contributed by atoms with van der Waals surface area (Å²) in [6.45, 7) is 4.69. The standard InChI is InChI=1S/C21H18ClFN4OS/c1-3-27-12(2)17(18(24-21(27)29)14-5-4-6-15(22)11-14)20-25-19(26-28-20)13-7-9-16(23)10-8-13/h4-11,18H,3H2,1-2H3,(H,24,29). The molecular weight excluding hydrogens is 411 g/mol. The van der Waals surface area contributed by atoms with Crippen LogP contribution in [0.2, 0.25) is 5.02 Å². The number of allylic oxidation sites excluding steroid dienone is 1. The highest BCUT2D eigenvalue weighted by Gasteiger charge is 2.33. The average molecular weight is 429 g/mol. The molecule has 0 fully saturated rings. The second-order valence-electron chi connectivity index (χ2n) is 6.61. The maximum Gasteiger partial charge on any atom is 0.258 e. The number of hydrogen-bond donors (Lipinski definition) is 1. The Kier molecular flexibility index (Phi) is 5.34. The van der Waals surface area contributed by atoms with Gasteiger partial charge in [0, 0.05) is 22.8 Å². The third-order valence-corrected chi connectivity index (χ3v) is 5.43. The topological polar surface area (TPSA) is 54.2 Å². The number of rotatable bonds is 4. The molecule has 1 aliphatic rings. The lowest BCUT2D eigenvalue weighted by atomic mass is 9.95. The molecule has 148 valence electrons. The van der Waals surface area contributed by atoms with Crippen LogP contribution in [0.5, 0.6) is 0 Å². The van der Waals surface area contributed by atoms with Crippen molar-refractivity contribution < 1.29 is 8.91 Å². The second kappa shape index (κ2) is 7.93. The number of nitrogens with one attached hydrogen (secondary N) is 1. The summed E-state index contributed by atoms with van der Waals surface area (Å²) in [6, 6.07) is 13.2. The Hall–Kier alpha value is -2.77. The zero-order valence-electron chi connectivity index (χ0n) is 15.8. The van der Waals surface area contributed by atoms with Gasteiger partial charge in [-0.3, -0.25) is 0 Å². The van der Waals surface area contributed by atoms with Crippen molar-refractivity contribution in [1.29, 1.82) is 0 Å². The highest BCUT2D eigenvalue weighted by molar-refractivity contribution is 7.80. The van der Waals surface area contributed by atoms with Crippen LogP contribution in [-0.2, 0) is 0 Å². The van der Waals surface area contributed by atoms with Gasteiger partial charge in [-0.1, -0.05) is 28.9 Å². The molecule has 0 bridgehead atoms. The smallest absolute Gasteiger partial charge is 0.258 e. The van der Waals surface area contributed by atoms with Crippen LogP contribution in [0.1, 0.15) is 31.3 Å². The van der Waals surface area contributed by atoms with E-state index in [0.717, 1.165) is 16.8 Å². The Morgan fingerprint density at radius 2 is 2.00 bits per heavy atom. The zero-order chi connectivity index (χ0) is 20.5. The van der Waals surface area contributed by atoms with Crippen molar-refractivity contribution >= 4 is 34.5 Å². The fourth-order valence-electron chi connectivity index (χ4n) is 3.42. The summed E-state index contributed by atoms with van der Waals surface area (Å²) in [5.74, 6) is 0.446. The molecule has 0 saturated carbocycles. The highest BCUT2D eigenvalue weighted by atomic mass is 35.5. The predicted octanol–water partition coefficient (Wildman–Crippen LogP) is 5.21. The molecule has 5 nitrogen and oxygen atoms in total. The summed E-state index contributed by atoms with van der Waals surface area (Å²) in [7, 11) is 0. The van der Waals surface area contributed by atoms with Crippen molar-refractivity contribution in [1.82, 2.24) is 20.4 Å². The van der Waals surface area contributed by atoms with Crippen LogP contribution in [0.25, 0.3) is 17.0 Å². The number of halogens is 2. The minimum atomic E-state index is -0.319. The number of thiocarbonyl (C=S) groups is 1. The Bertz CT molecular complexity index is 1100. The van der Waals surface area contributed by atoms with Crippen LogP contribution < -0.4 is 5.32 Å². The Morgan fingerprint density at radius 1 is 1.24 bits per heavy atom. The summed E-state index contributed by atoms with van der Waals surface area (Å²) in [6.07, 6.45) is 0. The molecule has 0 amide bonds. The summed E-state index contributed by atoms with van der Waals surface area (Å²) in [4.78, 5) is 6.55. The Morgan fingerprint density at radius 3 is 2.69 bits per heavy atom. The SMILES string of the molecule is CCN1C(=S)NC(c2cccc(Cl)c2)C(c2nc(-c3ccc(F)cc3)no2)=C1C. The van der Waals surface area contributed by atoms with E-state index >= 15 is 0 Å². The molecule has 1 aromatic heterocycles.